The molecule has 2 rings (SSSR count). The first kappa shape index (κ1) is 19.4. The molecule has 1 aliphatic rings. The lowest BCUT2D eigenvalue weighted by atomic mass is 10.0. The molecule has 2 atom stereocenters. The zero-order valence-electron chi connectivity index (χ0n) is 14.7. The van der Waals surface area contributed by atoms with Gasteiger partial charge in [-0.1, -0.05) is 6.92 Å². The second kappa shape index (κ2) is 8.46. The number of benzene rings is 1. The molecule has 26 heavy (non-hydrogen) atoms. The van der Waals surface area contributed by atoms with Crippen LogP contribution in [-0.2, 0) is 14.4 Å². The van der Waals surface area contributed by atoms with Gasteiger partial charge >= 0.3 is 5.97 Å². The van der Waals surface area contributed by atoms with Crippen molar-refractivity contribution in [1.29, 1.82) is 5.41 Å². The van der Waals surface area contributed by atoms with Gasteiger partial charge in [-0.2, -0.15) is 0 Å². The van der Waals surface area contributed by atoms with Gasteiger partial charge in [0, 0.05) is 36.7 Å². The van der Waals surface area contributed by atoms with E-state index in [1.54, 1.807) is 36.1 Å². The van der Waals surface area contributed by atoms with Crippen LogP contribution in [0, 0.1) is 17.2 Å². The molecule has 1 aromatic carbocycles. The third-order valence-electron chi connectivity index (χ3n) is 4.63. The van der Waals surface area contributed by atoms with Crippen LogP contribution in [0.25, 0.3) is 0 Å². The van der Waals surface area contributed by atoms with Crippen molar-refractivity contribution in [3.8, 4) is 0 Å². The van der Waals surface area contributed by atoms with Gasteiger partial charge in [-0.3, -0.25) is 19.8 Å². The summed E-state index contributed by atoms with van der Waals surface area (Å²) < 4.78 is 0. The predicted molar refractivity (Wildman–Crippen MR) is 97.0 cm³/mol. The summed E-state index contributed by atoms with van der Waals surface area (Å²) in [5.74, 6) is -2.43. The quantitative estimate of drug-likeness (QED) is 0.404. The highest BCUT2D eigenvalue weighted by molar-refractivity contribution is 6.00. The number of nitrogens with zero attached hydrogens (tertiary/aromatic N) is 1. The van der Waals surface area contributed by atoms with Crippen LogP contribution in [0.4, 0.5) is 5.69 Å². The van der Waals surface area contributed by atoms with Crippen LogP contribution >= 0.6 is 0 Å². The van der Waals surface area contributed by atoms with Crippen LogP contribution in [0.15, 0.2) is 24.3 Å². The SMILES string of the molecule is CCC(CNC(=O)CC1CCN(c2ccc(C(=N)N)cc2)C1=O)C(=O)O. The summed E-state index contributed by atoms with van der Waals surface area (Å²) in [7, 11) is 0. The highest BCUT2D eigenvalue weighted by Crippen LogP contribution is 2.27. The molecule has 0 bridgehead atoms. The largest absolute Gasteiger partial charge is 0.481 e. The van der Waals surface area contributed by atoms with Gasteiger partial charge in [-0.15, -0.1) is 0 Å². The van der Waals surface area contributed by atoms with Crippen molar-refractivity contribution >= 4 is 29.3 Å². The lowest BCUT2D eigenvalue weighted by molar-refractivity contribution is -0.141. The summed E-state index contributed by atoms with van der Waals surface area (Å²) in [6.07, 6.45) is 1.05. The minimum atomic E-state index is -0.940. The summed E-state index contributed by atoms with van der Waals surface area (Å²) in [6.45, 7) is 2.34. The fraction of sp³-hybridized carbons (Fsp3) is 0.444. The Labute approximate surface area is 151 Å². The Morgan fingerprint density at radius 1 is 1.38 bits per heavy atom. The van der Waals surface area contributed by atoms with Crippen molar-refractivity contribution in [2.24, 2.45) is 17.6 Å². The number of nitrogens with one attached hydrogen (secondary N) is 2. The molecule has 140 valence electrons. The number of carbonyl (C=O) groups is 3. The Bertz CT molecular complexity index is 702. The van der Waals surface area contributed by atoms with Gasteiger partial charge < -0.3 is 21.1 Å². The summed E-state index contributed by atoms with van der Waals surface area (Å²) in [4.78, 5) is 37.2. The standard InChI is InChI=1S/C18H24N4O4/c1-2-11(18(25)26)10-21-15(23)9-13-7-8-22(17(13)24)14-5-3-12(4-6-14)16(19)20/h3-6,11,13H,2,7-10H2,1H3,(H3,19,20)(H,21,23)(H,25,26). The Balaban J connectivity index is 1.91. The second-order valence-corrected chi connectivity index (χ2v) is 6.39. The topological polar surface area (TPSA) is 137 Å². The lowest BCUT2D eigenvalue weighted by Crippen LogP contribution is -2.35. The molecule has 0 aromatic heterocycles. The van der Waals surface area contributed by atoms with Crippen LogP contribution in [-0.4, -0.2) is 41.8 Å². The molecular weight excluding hydrogens is 336 g/mol. The van der Waals surface area contributed by atoms with Crippen molar-refractivity contribution in [2.75, 3.05) is 18.0 Å². The number of carbonyl (C=O) groups excluding carboxylic acids is 2. The van der Waals surface area contributed by atoms with Crippen LogP contribution in [0.1, 0.15) is 31.7 Å². The normalized spacial score (nSPS) is 17.8. The van der Waals surface area contributed by atoms with Gasteiger partial charge in [0.15, 0.2) is 0 Å². The monoisotopic (exact) mass is 360 g/mol. The third-order valence-corrected chi connectivity index (χ3v) is 4.63. The molecule has 0 radical (unpaired) electrons. The maximum absolute atomic E-state index is 12.5. The number of hydrogen-bond donors (Lipinski definition) is 4. The number of hydrogen-bond acceptors (Lipinski definition) is 4. The molecule has 5 N–H and O–H groups in total. The van der Waals surface area contributed by atoms with Crippen LogP contribution in [0.2, 0.25) is 0 Å². The number of nitrogen functional groups attached to an aromatic ring is 1. The molecule has 8 heteroatoms. The molecular formula is C18H24N4O4. The van der Waals surface area contributed by atoms with E-state index >= 15 is 0 Å². The van der Waals surface area contributed by atoms with Crippen molar-refractivity contribution in [1.82, 2.24) is 5.32 Å². The molecule has 0 aliphatic carbocycles. The minimum Gasteiger partial charge on any atom is -0.481 e. The maximum Gasteiger partial charge on any atom is 0.308 e. The highest BCUT2D eigenvalue weighted by atomic mass is 16.4. The average molecular weight is 360 g/mol. The number of amidine groups is 1. The summed E-state index contributed by atoms with van der Waals surface area (Å²) in [6, 6.07) is 6.83. The first-order valence-corrected chi connectivity index (χ1v) is 8.58. The van der Waals surface area contributed by atoms with Gasteiger partial charge in [0.05, 0.1) is 5.92 Å². The third kappa shape index (κ3) is 4.59. The summed E-state index contributed by atoms with van der Waals surface area (Å²) >= 11 is 0. The van der Waals surface area contributed by atoms with Gasteiger partial charge in [-0.05, 0) is 37.1 Å². The number of carboxylic acid groups (broad SMARTS) is 1. The van der Waals surface area contributed by atoms with Gasteiger partial charge in [0.1, 0.15) is 5.84 Å². The van der Waals surface area contributed by atoms with Gasteiger partial charge in [0.25, 0.3) is 0 Å². The Hall–Kier alpha value is -2.90. The van der Waals surface area contributed by atoms with E-state index in [1.165, 1.54) is 0 Å². The number of aliphatic carboxylic acids is 1. The molecule has 1 fully saturated rings. The average Bonchev–Trinajstić information content (AvgIpc) is 2.96. The van der Waals surface area contributed by atoms with E-state index in [0.717, 1.165) is 0 Å². The molecule has 1 saturated heterocycles. The predicted octanol–water partition coefficient (Wildman–Crippen LogP) is 0.941. The number of amides is 2. The Morgan fingerprint density at radius 2 is 2.04 bits per heavy atom. The zero-order chi connectivity index (χ0) is 19.3. The van der Waals surface area contributed by atoms with Crippen molar-refractivity contribution in [3.63, 3.8) is 0 Å². The van der Waals surface area contributed by atoms with E-state index in [-0.39, 0.29) is 30.6 Å². The molecule has 0 saturated carbocycles. The molecule has 0 spiro atoms. The van der Waals surface area contributed by atoms with E-state index in [9.17, 15) is 14.4 Å². The van der Waals surface area contributed by atoms with E-state index in [4.69, 9.17) is 16.2 Å². The summed E-state index contributed by atoms with van der Waals surface area (Å²) in [5, 5.41) is 19.0. The fourth-order valence-electron chi connectivity index (χ4n) is 2.94. The first-order valence-electron chi connectivity index (χ1n) is 8.58. The number of anilines is 1. The number of rotatable bonds is 8. The molecule has 2 amide bonds. The van der Waals surface area contributed by atoms with E-state index in [1.807, 2.05) is 0 Å². The number of carboxylic acids is 1. The van der Waals surface area contributed by atoms with Crippen molar-refractivity contribution in [2.45, 2.75) is 26.2 Å². The van der Waals surface area contributed by atoms with Crippen LogP contribution < -0.4 is 16.0 Å². The molecule has 1 aliphatic heterocycles. The van der Waals surface area contributed by atoms with Crippen LogP contribution in [0.3, 0.4) is 0 Å². The molecule has 8 nitrogen and oxygen atoms in total. The highest BCUT2D eigenvalue weighted by Gasteiger charge is 2.34. The lowest BCUT2D eigenvalue weighted by Gasteiger charge is -2.17. The Kier molecular flexibility index (Phi) is 6.32. The summed E-state index contributed by atoms with van der Waals surface area (Å²) in [5.41, 5.74) is 6.71. The van der Waals surface area contributed by atoms with Crippen LogP contribution in [0.5, 0.6) is 0 Å². The van der Waals surface area contributed by atoms with E-state index in [2.05, 4.69) is 5.32 Å². The second-order valence-electron chi connectivity index (χ2n) is 6.39. The smallest absolute Gasteiger partial charge is 0.308 e. The maximum atomic E-state index is 12.5. The van der Waals surface area contributed by atoms with E-state index < -0.39 is 17.8 Å². The van der Waals surface area contributed by atoms with Gasteiger partial charge in [0.2, 0.25) is 11.8 Å². The number of nitrogens with two attached hydrogens (primary N) is 1. The van der Waals surface area contributed by atoms with Crippen molar-refractivity contribution in [3.05, 3.63) is 29.8 Å². The van der Waals surface area contributed by atoms with Gasteiger partial charge in [-0.25, -0.2) is 0 Å². The fourth-order valence-corrected chi connectivity index (χ4v) is 2.94. The van der Waals surface area contributed by atoms with Crippen molar-refractivity contribution < 1.29 is 19.5 Å². The van der Waals surface area contributed by atoms with E-state index in [0.29, 0.717) is 30.6 Å². The molecule has 1 heterocycles. The Morgan fingerprint density at radius 3 is 2.58 bits per heavy atom. The molecule has 2 unspecified atom stereocenters. The first-order chi connectivity index (χ1) is 12.3. The minimum absolute atomic E-state index is 0.0365. The molecule has 1 aromatic rings. The zero-order valence-corrected chi connectivity index (χ0v) is 14.7.